The molecule has 0 aliphatic carbocycles. The zero-order valence-corrected chi connectivity index (χ0v) is 15.1. The minimum absolute atomic E-state index is 0.0929. The van der Waals surface area contributed by atoms with Crippen LogP contribution in [0.1, 0.15) is 22.7 Å². The predicted octanol–water partition coefficient (Wildman–Crippen LogP) is 3.11. The number of halogens is 2. The van der Waals surface area contributed by atoms with E-state index in [1.807, 2.05) is 0 Å². The van der Waals surface area contributed by atoms with Crippen molar-refractivity contribution in [3.63, 3.8) is 0 Å². The van der Waals surface area contributed by atoms with E-state index in [-0.39, 0.29) is 37.8 Å². The lowest BCUT2D eigenvalue weighted by molar-refractivity contribution is -0.0173. The van der Waals surface area contributed by atoms with Gasteiger partial charge in [0.15, 0.2) is 6.79 Å². The highest BCUT2D eigenvalue weighted by atomic mass is 19.1. The molecule has 28 heavy (non-hydrogen) atoms. The Morgan fingerprint density at radius 3 is 2.79 bits per heavy atom. The van der Waals surface area contributed by atoms with Crippen molar-refractivity contribution in [2.24, 2.45) is 0 Å². The first-order valence-corrected chi connectivity index (χ1v) is 9.01. The van der Waals surface area contributed by atoms with Crippen LogP contribution in [0, 0.1) is 11.6 Å². The summed E-state index contributed by atoms with van der Waals surface area (Å²) in [6, 6.07) is 8.10. The summed E-state index contributed by atoms with van der Waals surface area (Å²) in [4.78, 5) is 14.4. The van der Waals surface area contributed by atoms with Gasteiger partial charge in [0.25, 0.3) is 0 Å². The van der Waals surface area contributed by atoms with Gasteiger partial charge < -0.3 is 24.4 Å². The molecule has 1 N–H and O–H groups in total. The Hall–Kier alpha value is -2.71. The average Bonchev–Trinajstić information content (AvgIpc) is 2.72. The third-order valence-corrected chi connectivity index (χ3v) is 4.83. The van der Waals surface area contributed by atoms with Crippen molar-refractivity contribution in [1.82, 2.24) is 10.2 Å². The topological polar surface area (TPSA) is 60.0 Å². The number of nitrogens with one attached hydrogen (secondary N) is 1. The van der Waals surface area contributed by atoms with Crippen LogP contribution in [0.15, 0.2) is 36.4 Å². The summed E-state index contributed by atoms with van der Waals surface area (Å²) in [6.45, 7) is 1.63. The highest BCUT2D eigenvalue weighted by Crippen LogP contribution is 2.30. The van der Waals surface area contributed by atoms with E-state index in [0.717, 1.165) is 5.56 Å². The molecular weight excluding hydrogens is 370 g/mol. The second-order valence-electron chi connectivity index (χ2n) is 6.66. The van der Waals surface area contributed by atoms with Gasteiger partial charge in [0.05, 0.1) is 25.9 Å². The van der Waals surface area contributed by atoms with Crippen LogP contribution in [0.4, 0.5) is 13.6 Å². The van der Waals surface area contributed by atoms with Gasteiger partial charge in [0.1, 0.15) is 17.4 Å². The number of morpholine rings is 1. The molecule has 6 nitrogen and oxygen atoms in total. The Balaban J connectivity index is 1.48. The van der Waals surface area contributed by atoms with Gasteiger partial charge in [-0.3, -0.25) is 0 Å². The summed E-state index contributed by atoms with van der Waals surface area (Å²) in [5, 5.41) is 2.83. The normalized spacial score (nSPS) is 18.9. The minimum Gasteiger partial charge on any atom is -0.467 e. The maximum absolute atomic E-state index is 13.9. The molecule has 1 saturated heterocycles. The van der Waals surface area contributed by atoms with Crippen LogP contribution < -0.4 is 10.1 Å². The first-order valence-electron chi connectivity index (χ1n) is 9.01. The number of hydrogen-bond donors (Lipinski definition) is 1. The van der Waals surface area contributed by atoms with Crippen LogP contribution in [0.2, 0.25) is 0 Å². The SMILES string of the molecule is O=C(NCc1cc(F)cc2c1OCOC2)N1CCOCC1c1ccc(F)cc1. The molecular formula is C20H20F2N2O4. The number of carbonyl (C=O) groups excluding carboxylic acids is 1. The second-order valence-corrected chi connectivity index (χ2v) is 6.66. The summed E-state index contributed by atoms with van der Waals surface area (Å²) in [6.07, 6.45) is 0. The van der Waals surface area contributed by atoms with Gasteiger partial charge >= 0.3 is 6.03 Å². The van der Waals surface area contributed by atoms with Crippen LogP contribution in [-0.4, -0.2) is 37.5 Å². The molecule has 2 aromatic carbocycles. The largest absolute Gasteiger partial charge is 0.467 e. The highest BCUT2D eigenvalue weighted by molar-refractivity contribution is 5.75. The zero-order valence-electron chi connectivity index (χ0n) is 15.1. The number of ether oxygens (including phenoxy) is 3. The molecule has 2 heterocycles. The maximum Gasteiger partial charge on any atom is 0.318 e. The molecule has 2 aliphatic heterocycles. The molecule has 1 fully saturated rings. The summed E-state index contributed by atoms with van der Waals surface area (Å²) in [5.41, 5.74) is 1.96. The van der Waals surface area contributed by atoms with Gasteiger partial charge in [-0.2, -0.15) is 0 Å². The fourth-order valence-corrected chi connectivity index (χ4v) is 3.47. The van der Waals surface area contributed by atoms with Crippen LogP contribution in [0.25, 0.3) is 0 Å². The molecule has 2 amide bonds. The molecule has 0 spiro atoms. The molecule has 0 bridgehead atoms. The van der Waals surface area contributed by atoms with E-state index in [2.05, 4.69) is 5.32 Å². The van der Waals surface area contributed by atoms with Gasteiger partial charge in [-0.1, -0.05) is 12.1 Å². The lowest BCUT2D eigenvalue weighted by atomic mass is 10.1. The molecule has 4 rings (SSSR count). The Labute approximate surface area is 161 Å². The van der Waals surface area contributed by atoms with E-state index in [4.69, 9.17) is 14.2 Å². The van der Waals surface area contributed by atoms with Gasteiger partial charge in [0.2, 0.25) is 0 Å². The monoisotopic (exact) mass is 390 g/mol. The van der Waals surface area contributed by atoms with Crippen molar-refractivity contribution in [1.29, 1.82) is 0 Å². The summed E-state index contributed by atoms with van der Waals surface area (Å²) in [5.74, 6) is -0.200. The van der Waals surface area contributed by atoms with Gasteiger partial charge in [0, 0.05) is 24.2 Å². The van der Waals surface area contributed by atoms with Gasteiger partial charge in [-0.15, -0.1) is 0 Å². The van der Waals surface area contributed by atoms with Crippen molar-refractivity contribution in [2.45, 2.75) is 19.2 Å². The molecule has 1 unspecified atom stereocenters. The first-order chi connectivity index (χ1) is 13.6. The van der Waals surface area contributed by atoms with Crippen LogP contribution in [-0.2, 0) is 22.6 Å². The smallest absolute Gasteiger partial charge is 0.318 e. The number of fused-ring (bicyclic) bond motifs is 1. The number of carbonyl (C=O) groups is 1. The third-order valence-electron chi connectivity index (χ3n) is 4.83. The Kier molecular flexibility index (Phi) is 5.40. The lowest BCUT2D eigenvalue weighted by Crippen LogP contribution is -2.48. The van der Waals surface area contributed by atoms with E-state index >= 15 is 0 Å². The number of benzene rings is 2. The molecule has 2 aromatic rings. The molecule has 0 radical (unpaired) electrons. The Morgan fingerprint density at radius 2 is 1.96 bits per heavy atom. The number of amides is 2. The molecule has 1 atom stereocenters. The fourth-order valence-electron chi connectivity index (χ4n) is 3.47. The van der Waals surface area contributed by atoms with Crippen LogP contribution in [0.5, 0.6) is 5.75 Å². The summed E-state index contributed by atoms with van der Waals surface area (Å²) >= 11 is 0. The third kappa shape index (κ3) is 3.93. The van der Waals surface area contributed by atoms with Crippen molar-refractivity contribution < 1.29 is 27.8 Å². The Morgan fingerprint density at radius 1 is 1.14 bits per heavy atom. The lowest BCUT2D eigenvalue weighted by Gasteiger charge is -2.36. The predicted molar refractivity (Wildman–Crippen MR) is 95.6 cm³/mol. The van der Waals surface area contributed by atoms with Crippen LogP contribution >= 0.6 is 0 Å². The van der Waals surface area contributed by atoms with Gasteiger partial charge in [-0.05, 0) is 29.8 Å². The van der Waals surface area contributed by atoms with E-state index in [0.29, 0.717) is 36.6 Å². The molecule has 2 aliphatic rings. The maximum atomic E-state index is 13.9. The number of urea groups is 1. The Bertz CT molecular complexity index is 860. The molecule has 148 valence electrons. The van der Waals surface area contributed by atoms with E-state index in [1.165, 1.54) is 24.3 Å². The number of hydrogen-bond acceptors (Lipinski definition) is 4. The van der Waals surface area contributed by atoms with Crippen molar-refractivity contribution in [3.8, 4) is 5.75 Å². The summed E-state index contributed by atoms with van der Waals surface area (Å²) in [7, 11) is 0. The fraction of sp³-hybridized carbons (Fsp3) is 0.350. The van der Waals surface area contributed by atoms with E-state index in [1.54, 1.807) is 17.0 Å². The molecule has 8 heteroatoms. The molecule has 0 saturated carbocycles. The quantitative estimate of drug-likeness (QED) is 0.875. The first kappa shape index (κ1) is 18.6. The van der Waals surface area contributed by atoms with Crippen molar-refractivity contribution >= 4 is 6.03 Å². The van der Waals surface area contributed by atoms with E-state index < -0.39 is 5.82 Å². The van der Waals surface area contributed by atoms with Gasteiger partial charge in [-0.25, -0.2) is 13.6 Å². The van der Waals surface area contributed by atoms with Crippen LogP contribution in [0.3, 0.4) is 0 Å². The standard InChI is InChI=1S/C20H20F2N2O4/c21-16-3-1-13(2-4-16)18-11-26-6-5-24(18)20(25)23-9-14-7-17(22)8-15-10-27-12-28-19(14)15/h1-4,7-8,18H,5-6,9-12H2,(H,23,25). The highest BCUT2D eigenvalue weighted by Gasteiger charge is 2.29. The van der Waals surface area contributed by atoms with E-state index in [9.17, 15) is 13.6 Å². The minimum atomic E-state index is -0.410. The van der Waals surface area contributed by atoms with Crippen molar-refractivity contribution in [3.05, 3.63) is 64.7 Å². The summed E-state index contributed by atoms with van der Waals surface area (Å²) < 4.78 is 43.2. The number of nitrogens with zero attached hydrogens (tertiary/aromatic N) is 1. The molecule has 0 aromatic heterocycles. The average molecular weight is 390 g/mol. The van der Waals surface area contributed by atoms with Crippen molar-refractivity contribution in [2.75, 3.05) is 26.6 Å². The second kappa shape index (κ2) is 8.12. The zero-order chi connectivity index (χ0) is 19.5. The number of rotatable bonds is 3.